The second-order valence-corrected chi connectivity index (χ2v) is 8.43. The molecule has 0 saturated carbocycles. The van der Waals surface area contributed by atoms with Crippen LogP contribution in [-0.2, 0) is 13.1 Å². The number of hydrogen-bond donors (Lipinski definition) is 1. The summed E-state index contributed by atoms with van der Waals surface area (Å²) < 4.78 is 1.81. The average molecular weight is 435 g/mol. The number of piperidine rings is 1. The van der Waals surface area contributed by atoms with Crippen molar-refractivity contribution >= 4 is 11.8 Å². The average Bonchev–Trinajstić information content (AvgIpc) is 3.49. The van der Waals surface area contributed by atoms with Crippen LogP contribution in [0.3, 0.4) is 0 Å². The van der Waals surface area contributed by atoms with E-state index in [1.165, 1.54) is 0 Å². The van der Waals surface area contributed by atoms with Crippen molar-refractivity contribution in [3.63, 3.8) is 0 Å². The van der Waals surface area contributed by atoms with Crippen LogP contribution in [0, 0.1) is 0 Å². The molecule has 0 aliphatic carbocycles. The fraction of sp³-hybridized carbons (Fsp3) is 0.417. The Labute approximate surface area is 188 Å². The van der Waals surface area contributed by atoms with Gasteiger partial charge in [0.15, 0.2) is 0 Å². The number of likely N-dealkylation sites (tertiary alicyclic amines) is 1. The molecule has 3 heterocycles. The number of carbonyl (C=O) groups excluding carboxylic acids is 2. The fourth-order valence-electron chi connectivity index (χ4n) is 4.32. The summed E-state index contributed by atoms with van der Waals surface area (Å²) in [6.45, 7) is 4.68. The summed E-state index contributed by atoms with van der Waals surface area (Å²) in [6.07, 6.45) is 7.82. The summed E-state index contributed by atoms with van der Waals surface area (Å²) in [5, 5.41) is 11.5. The molecule has 1 fully saturated rings. The second-order valence-electron chi connectivity index (χ2n) is 8.43. The fourth-order valence-corrected chi connectivity index (χ4v) is 4.32. The SMILES string of the molecule is CCCn1cc(C(=O)N2CCC[C@H](c3[nH]ncc3C(=O)N(C)Cc3ccccc3)C2)cn1. The lowest BCUT2D eigenvalue weighted by Crippen LogP contribution is -2.39. The van der Waals surface area contributed by atoms with Gasteiger partial charge in [-0.15, -0.1) is 0 Å². The highest BCUT2D eigenvalue weighted by Gasteiger charge is 2.30. The van der Waals surface area contributed by atoms with Crippen molar-refractivity contribution in [1.29, 1.82) is 0 Å². The Kier molecular flexibility index (Phi) is 6.68. The standard InChI is InChI=1S/C24H30N6O2/c1-3-11-30-17-20(13-26-30)23(31)29-12-7-10-19(16-29)22-21(14-25-27-22)24(32)28(2)15-18-8-5-4-6-9-18/h4-6,8-9,13-14,17,19H,3,7,10-12,15-16H2,1-2H3,(H,25,27)/t19-/m0/s1. The Morgan fingerprint density at radius 3 is 2.81 bits per heavy atom. The monoisotopic (exact) mass is 434 g/mol. The third-order valence-corrected chi connectivity index (χ3v) is 5.96. The lowest BCUT2D eigenvalue weighted by molar-refractivity contribution is 0.0705. The lowest BCUT2D eigenvalue weighted by Gasteiger charge is -2.32. The topological polar surface area (TPSA) is 87.1 Å². The molecule has 4 rings (SSSR count). The molecule has 0 bridgehead atoms. The van der Waals surface area contributed by atoms with Crippen molar-refractivity contribution in [3.8, 4) is 0 Å². The molecular formula is C24H30N6O2. The normalized spacial score (nSPS) is 16.2. The zero-order valence-electron chi connectivity index (χ0n) is 18.7. The molecule has 2 amide bonds. The molecule has 0 radical (unpaired) electrons. The summed E-state index contributed by atoms with van der Waals surface area (Å²) >= 11 is 0. The number of H-pyrrole nitrogens is 1. The second kappa shape index (κ2) is 9.80. The van der Waals surface area contributed by atoms with Crippen molar-refractivity contribution in [2.24, 2.45) is 0 Å². The Morgan fingerprint density at radius 1 is 1.22 bits per heavy atom. The molecule has 1 aromatic carbocycles. The van der Waals surface area contributed by atoms with Crippen LogP contribution in [0.15, 0.2) is 48.9 Å². The highest BCUT2D eigenvalue weighted by atomic mass is 16.2. The lowest BCUT2D eigenvalue weighted by atomic mass is 9.92. The molecule has 1 aliphatic rings. The largest absolute Gasteiger partial charge is 0.338 e. The number of rotatable bonds is 7. The summed E-state index contributed by atoms with van der Waals surface area (Å²) in [5.41, 5.74) is 3.08. The van der Waals surface area contributed by atoms with Crippen LogP contribution in [0.4, 0.5) is 0 Å². The predicted octanol–water partition coefficient (Wildman–Crippen LogP) is 3.31. The number of hydrogen-bond acceptors (Lipinski definition) is 4. The minimum absolute atomic E-state index is 0.00867. The molecule has 1 aliphatic heterocycles. The Morgan fingerprint density at radius 2 is 2.03 bits per heavy atom. The minimum atomic E-state index is -0.0677. The van der Waals surface area contributed by atoms with Crippen LogP contribution in [0.1, 0.15) is 64.1 Å². The van der Waals surface area contributed by atoms with E-state index in [1.54, 1.807) is 24.3 Å². The number of benzene rings is 1. The highest BCUT2D eigenvalue weighted by molar-refractivity contribution is 5.95. The van der Waals surface area contributed by atoms with Gasteiger partial charge in [-0.1, -0.05) is 37.3 Å². The van der Waals surface area contributed by atoms with Gasteiger partial charge >= 0.3 is 0 Å². The van der Waals surface area contributed by atoms with Gasteiger partial charge in [-0.2, -0.15) is 10.2 Å². The highest BCUT2D eigenvalue weighted by Crippen LogP contribution is 2.29. The van der Waals surface area contributed by atoms with Gasteiger partial charge in [-0.3, -0.25) is 19.4 Å². The van der Waals surface area contributed by atoms with Gasteiger partial charge in [0.05, 0.1) is 29.2 Å². The van der Waals surface area contributed by atoms with Gasteiger partial charge in [0.1, 0.15) is 0 Å². The maximum Gasteiger partial charge on any atom is 0.257 e. The summed E-state index contributed by atoms with van der Waals surface area (Å²) in [6, 6.07) is 9.91. The molecule has 8 heteroatoms. The van der Waals surface area contributed by atoms with Crippen molar-refractivity contribution in [1.82, 2.24) is 29.8 Å². The molecule has 168 valence electrons. The smallest absolute Gasteiger partial charge is 0.257 e. The molecular weight excluding hydrogens is 404 g/mol. The molecule has 2 aromatic heterocycles. The molecule has 1 saturated heterocycles. The van der Waals surface area contributed by atoms with E-state index >= 15 is 0 Å². The van der Waals surface area contributed by atoms with Crippen molar-refractivity contribution < 1.29 is 9.59 Å². The van der Waals surface area contributed by atoms with Crippen molar-refractivity contribution in [2.45, 2.75) is 45.2 Å². The van der Waals surface area contributed by atoms with E-state index in [9.17, 15) is 9.59 Å². The first-order valence-electron chi connectivity index (χ1n) is 11.2. The van der Waals surface area contributed by atoms with Crippen LogP contribution in [-0.4, -0.2) is 61.7 Å². The zero-order valence-corrected chi connectivity index (χ0v) is 18.7. The molecule has 8 nitrogen and oxygen atoms in total. The van der Waals surface area contributed by atoms with E-state index in [0.29, 0.717) is 30.8 Å². The third kappa shape index (κ3) is 4.74. The van der Waals surface area contributed by atoms with Crippen LogP contribution in [0.25, 0.3) is 0 Å². The van der Waals surface area contributed by atoms with Gasteiger partial charge in [-0.05, 0) is 24.8 Å². The molecule has 0 unspecified atom stereocenters. The third-order valence-electron chi connectivity index (χ3n) is 5.96. The number of amides is 2. The van der Waals surface area contributed by atoms with Crippen molar-refractivity contribution in [3.05, 3.63) is 71.3 Å². The number of carbonyl (C=O) groups is 2. The molecule has 0 spiro atoms. The first-order valence-corrected chi connectivity index (χ1v) is 11.2. The van der Waals surface area contributed by atoms with E-state index in [-0.39, 0.29) is 17.7 Å². The Hall–Kier alpha value is -3.42. The van der Waals surface area contributed by atoms with Crippen LogP contribution in [0.2, 0.25) is 0 Å². The first-order chi connectivity index (χ1) is 15.6. The molecule has 3 aromatic rings. The number of nitrogens with one attached hydrogen (secondary N) is 1. The maximum absolute atomic E-state index is 13.1. The van der Waals surface area contributed by atoms with Gasteiger partial charge in [0.25, 0.3) is 11.8 Å². The summed E-state index contributed by atoms with van der Waals surface area (Å²) in [7, 11) is 1.80. The molecule has 32 heavy (non-hydrogen) atoms. The van der Waals surface area contributed by atoms with Gasteiger partial charge in [0.2, 0.25) is 0 Å². The molecule has 1 atom stereocenters. The maximum atomic E-state index is 13.1. The van der Waals surface area contributed by atoms with E-state index in [0.717, 1.165) is 37.1 Å². The number of aryl methyl sites for hydroxylation is 1. The van der Waals surface area contributed by atoms with E-state index in [1.807, 2.05) is 46.1 Å². The quantitative estimate of drug-likeness (QED) is 0.618. The molecule has 1 N–H and O–H groups in total. The zero-order chi connectivity index (χ0) is 22.5. The van der Waals surface area contributed by atoms with E-state index in [4.69, 9.17) is 0 Å². The van der Waals surface area contributed by atoms with E-state index < -0.39 is 0 Å². The number of nitrogens with zero attached hydrogens (tertiary/aromatic N) is 5. The van der Waals surface area contributed by atoms with E-state index in [2.05, 4.69) is 22.2 Å². The summed E-state index contributed by atoms with van der Waals surface area (Å²) in [4.78, 5) is 29.8. The van der Waals surface area contributed by atoms with Crippen molar-refractivity contribution in [2.75, 3.05) is 20.1 Å². The summed E-state index contributed by atoms with van der Waals surface area (Å²) in [5.74, 6) is -0.0301. The predicted molar refractivity (Wildman–Crippen MR) is 121 cm³/mol. The first kappa shape index (κ1) is 21.8. The Bertz CT molecular complexity index is 1060. The van der Waals surface area contributed by atoms with Crippen LogP contribution < -0.4 is 0 Å². The van der Waals surface area contributed by atoms with Crippen LogP contribution >= 0.6 is 0 Å². The van der Waals surface area contributed by atoms with Gasteiger partial charge in [0, 0.05) is 45.3 Å². The minimum Gasteiger partial charge on any atom is -0.338 e. The number of aromatic amines is 1. The number of aromatic nitrogens is 4. The van der Waals surface area contributed by atoms with Crippen LogP contribution in [0.5, 0.6) is 0 Å². The Balaban J connectivity index is 1.45. The van der Waals surface area contributed by atoms with Gasteiger partial charge < -0.3 is 9.80 Å². The van der Waals surface area contributed by atoms with Gasteiger partial charge in [-0.25, -0.2) is 0 Å².